The van der Waals surface area contributed by atoms with Crippen LogP contribution in [-0.2, 0) is 4.74 Å². The predicted molar refractivity (Wildman–Crippen MR) is 79.1 cm³/mol. The van der Waals surface area contributed by atoms with Crippen LogP contribution in [0.15, 0.2) is 24.3 Å². The first-order valence-electron chi connectivity index (χ1n) is 6.30. The van der Waals surface area contributed by atoms with Crippen molar-refractivity contribution in [1.82, 2.24) is 5.32 Å². The first-order chi connectivity index (χ1) is 8.29. The van der Waals surface area contributed by atoms with Crippen molar-refractivity contribution >= 4 is 22.6 Å². The number of halogens is 1. The molecule has 0 saturated carbocycles. The van der Waals surface area contributed by atoms with Crippen molar-refractivity contribution in [2.45, 2.75) is 25.3 Å². The van der Waals surface area contributed by atoms with Crippen molar-refractivity contribution in [1.29, 1.82) is 0 Å². The molecule has 0 radical (unpaired) electrons. The number of hydrogen-bond acceptors (Lipinski definition) is 2. The molecule has 94 valence electrons. The van der Waals surface area contributed by atoms with Crippen molar-refractivity contribution in [3.05, 3.63) is 33.4 Å². The lowest BCUT2D eigenvalue weighted by Gasteiger charge is -2.26. The highest BCUT2D eigenvalue weighted by Gasteiger charge is 2.19. The molecule has 0 aromatic heterocycles. The van der Waals surface area contributed by atoms with Crippen LogP contribution in [0.5, 0.6) is 0 Å². The summed E-state index contributed by atoms with van der Waals surface area (Å²) in [4.78, 5) is 0. The minimum absolute atomic E-state index is 0.479. The zero-order chi connectivity index (χ0) is 12.1. The van der Waals surface area contributed by atoms with Gasteiger partial charge in [0.05, 0.1) is 0 Å². The molecule has 0 amide bonds. The smallest absolute Gasteiger partial charge is 0.0468 e. The Hall–Kier alpha value is -0.130. The lowest BCUT2D eigenvalue weighted by Crippen LogP contribution is -2.24. The number of benzene rings is 1. The average Bonchev–Trinajstić information content (AvgIpc) is 2.37. The van der Waals surface area contributed by atoms with E-state index in [1.165, 1.54) is 28.4 Å². The van der Waals surface area contributed by atoms with Crippen molar-refractivity contribution < 1.29 is 4.74 Å². The molecule has 17 heavy (non-hydrogen) atoms. The summed E-state index contributed by atoms with van der Waals surface area (Å²) in [7, 11) is 2.06. The molecule has 1 aliphatic rings. The molecule has 1 N–H and O–H groups in total. The third kappa shape index (κ3) is 3.93. The zero-order valence-electron chi connectivity index (χ0n) is 10.3. The van der Waals surface area contributed by atoms with Crippen LogP contribution in [0.1, 0.15) is 30.9 Å². The Morgan fingerprint density at radius 1 is 1.41 bits per heavy atom. The van der Waals surface area contributed by atoms with Gasteiger partial charge in [0.2, 0.25) is 0 Å². The van der Waals surface area contributed by atoms with E-state index in [0.717, 1.165) is 19.1 Å². The fourth-order valence-electron chi connectivity index (χ4n) is 2.46. The van der Waals surface area contributed by atoms with Gasteiger partial charge in [0.25, 0.3) is 0 Å². The van der Waals surface area contributed by atoms with Crippen molar-refractivity contribution in [3.8, 4) is 0 Å². The van der Waals surface area contributed by atoms with E-state index in [-0.39, 0.29) is 0 Å². The summed E-state index contributed by atoms with van der Waals surface area (Å²) in [6, 6.07) is 9.27. The third-order valence-corrected chi connectivity index (χ3v) is 4.18. The quantitative estimate of drug-likeness (QED) is 0.845. The van der Waals surface area contributed by atoms with E-state index >= 15 is 0 Å². The predicted octanol–water partition coefficient (Wildman–Crippen LogP) is 3.37. The van der Waals surface area contributed by atoms with Gasteiger partial charge in [-0.25, -0.2) is 0 Å². The Morgan fingerprint density at radius 2 is 2.18 bits per heavy atom. The highest BCUT2D eigenvalue weighted by molar-refractivity contribution is 14.1. The number of nitrogens with one attached hydrogen (secondary N) is 1. The Labute approximate surface area is 117 Å². The van der Waals surface area contributed by atoms with Crippen molar-refractivity contribution in [2.75, 3.05) is 20.3 Å². The summed E-state index contributed by atoms with van der Waals surface area (Å²) in [6.45, 7) is 1.88. The summed E-state index contributed by atoms with van der Waals surface area (Å²) in [5, 5.41) is 3.45. The molecule has 2 rings (SSSR count). The minimum Gasteiger partial charge on any atom is -0.381 e. The fourth-order valence-corrected chi connectivity index (χ4v) is 3.03. The highest BCUT2D eigenvalue weighted by atomic mass is 127. The van der Waals surface area contributed by atoms with E-state index in [9.17, 15) is 0 Å². The number of ether oxygens (including phenoxy) is 1. The van der Waals surface area contributed by atoms with Gasteiger partial charge in [0.15, 0.2) is 0 Å². The molecular formula is C14H20INO. The highest BCUT2D eigenvalue weighted by Crippen LogP contribution is 2.27. The maximum atomic E-state index is 5.42. The first kappa shape index (κ1) is 13.3. The lowest BCUT2D eigenvalue weighted by atomic mass is 9.89. The second-order valence-electron chi connectivity index (χ2n) is 4.69. The molecule has 2 nitrogen and oxygen atoms in total. The van der Waals surface area contributed by atoms with Gasteiger partial charge < -0.3 is 10.1 Å². The molecule has 1 atom stereocenters. The molecular weight excluding hydrogens is 325 g/mol. The van der Waals surface area contributed by atoms with Gasteiger partial charge in [-0.3, -0.25) is 0 Å². The topological polar surface area (TPSA) is 21.3 Å². The van der Waals surface area contributed by atoms with E-state index in [1.807, 2.05) is 0 Å². The van der Waals surface area contributed by atoms with Crippen LogP contribution < -0.4 is 5.32 Å². The monoisotopic (exact) mass is 345 g/mol. The molecule has 1 aliphatic heterocycles. The van der Waals surface area contributed by atoms with Crippen LogP contribution in [-0.4, -0.2) is 20.3 Å². The molecule has 0 bridgehead atoms. The van der Waals surface area contributed by atoms with Gasteiger partial charge in [-0.2, -0.15) is 0 Å². The van der Waals surface area contributed by atoms with Crippen LogP contribution in [0, 0.1) is 9.49 Å². The SMILES string of the molecule is CNC(CC1CCOCC1)c1cccc(I)c1. The van der Waals surface area contributed by atoms with Crippen LogP contribution >= 0.6 is 22.6 Å². The number of hydrogen-bond donors (Lipinski definition) is 1. The third-order valence-electron chi connectivity index (χ3n) is 3.51. The van der Waals surface area contributed by atoms with Crippen LogP contribution in [0.2, 0.25) is 0 Å². The lowest BCUT2D eigenvalue weighted by molar-refractivity contribution is 0.0608. The Bertz CT molecular complexity index is 350. The maximum Gasteiger partial charge on any atom is 0.0468 e. The molecule has 1 aromatic rings. The molecule has 3 heteroatoms. The molecule has 1 heterocycles. The van der Waals surface area contributed by atoms with Gasteiger partial charge in [-0.1, -0.05) is 12.1 Å². The Morgan fingerprint density at radius 3 is 2.82 bits per heavy atom. The van der Waals surface area contributed by atoms with Crippen molar-refractivity contribution in [2.24, 2.45) is 5.92 Å². The Kier molecular flexibility index (Phi) is 5.25. The van der Waals surface area contributed by atoms with Gasteiger partial charge in [-0.15, -0.1) is 0 Å². The molecule has 1 fully saturated rings. The van der Waals surface area contributed by atoms with E-state index in [1.54, 1.807) is 0 Å². The fraction of sp³-hybridized carbons (Fsp3) is 0.571. The summed E-state index contributed by atoms with van der Waals surface area (Å²) in [5.41, 5.74) is 1.41. The van der Waals surface area contributed by atoms with E-state index in [0.29, 0.717) is 6.04 Å². The summed E-state index contributed by atoms with van der Waals surface area (Å²) >= 11 is 2.38. The summed E-state index contributed by atoms with van der Waals surface area (Å²) in [5.74, 6) is 0.805. The normalized spacial score (nSPS) is 19.2. The maximum absolute atomic E-state index is 5.42. The molecule has 1 saturated heterocycles. The number of rotatable bonds is 4. The zero-order valence-corrected chi connectivity index (χ0v) is 12.4. The molecule has 0 aliphatic carbocycles. The standard InChI is InChI=1S/C14H20INO/c1-16-14(9-11-5-7-17-8-6-11)12-3-2-4-13(15)10-12/h2-4,10-11,14,16H,5-9H2,1H3. The summed E-state index contributed by atoms with van der Waals surface area (Å²) < 4.78 is 6.73. The van der Waals surface area contributed by atoms with E-state index in [4.69, 9.17) is 4.74 Å². The van der Waals surface area contributed by atoms with Gasteiger partial charge in [0, 0.05) is 22.8 Å². The van der Waals surface area contributed by atoms with Gasteiger partial charge >= 0.3 is 0 Å². The Balaban J connectivity index is 2.00. The molecule has 0 spiro atoms. The van der Waals surface area contributed by atoms with Crippen LogP contribution in [0.4, 0.5) is 0 Å². The second-order valence-corrected chi connectivity index (χ2v) is 5.93. The second kappa shape index (κ2) is 6.71. The summed E-state index contributed by atoms with van der Waals surface area (Å²) in [6.07, 6.45) is 3.64. The van der Waals surface area contributed by atoms with Gasteiger partial charge in [-0.05, 0) is 72.5 Å². The van der Waals surface area contributed by atoms with Crippen molar-refractivity contribution in [3.63, 3.8) is 0 Å². The van der Waals surface area contributed by atoms with E-state index < -0.39 is 0 Å². The van der Waals surface area contributed by atoms with Gasteiger partial charge in [0.1, 0.15) is 0 Å². The first-order valence-corrected chi connectivity index (χ1v) is 7.38. The van der Waals surface area contributed by atoms with E-state index in [2.05, 4.69) is 59.2 Å². The molecule has 1 unspecified atom stereocenters. The molecule has 1 aromatic carbocycles. The minimum atomic E-state index is 0.479. The largest absolute Gasteiger partial charge is 0.381 e. The van der Waals surface area contributed by atoms with Crippen LogP contribution in [0.25, 0.3) is 0 Å². The van der Waals surface area contributed by atoms with Crippen LogP contribution in [0.3, 0.4) is 0 Å². The average molecular weight is 345 g/mol.